The Morgan fingerprint density at radius 3 is 2.70 bits per heavy atom. The maximum Gasteiger partial charge on any atom is 0.240 e. The predicted octanol–water partition coefficient (Wildman–Crippen LogP) is 2.11. The largest absolute Gasteiger partial charge is 0.326 e. The molecule has 0 aromatic heterocycles. The van der Waals surface area contributed by atoms with Crippen LogP contribution in [-0.2, 0) is 14.8 Å². The lowest BCUT2D eigenvalue weighted by Gasteiger charge is -2.11. The Labute approximate surface area is 119 Å². The number of hydrogen-bond donors (Lipinski definition) is 2. The van der Waals surface area contributed by atoms with Gasteiger partial charge in [-0.3, -0.25) is 4.79 Å². The quantitative estimate of drug-likeness (QED) is 0.844. The van der Waals surface area contributed by atoms with Gasteiger partial charge in [0.05, 0.1) is 4.90 Å². The van der Waals surface area contributed by atoms with Gasteiger partial charge < -0.3 is 5.32 Å². The average Bonchev–Trinajstić information content (AvgIpc) is 3.21. The van der Waals surface area contributed by atoms with Crippen molar-refractivity contribution in [1.82, 2.24) is 4.72 Å². The first-order valence-electron chi connectivity index (χ1n) is 6.85. The molecule has 1 amide bonds. The molecule has 0 saturated heterocycles. The molecule has 0 heterocycles. The molecule has 1 aromatic carbocycles. The number of nitrogens with one attached hydrogen (secondary N) is 2. The van der Waals surface area contributed by atoms with Gasteiger partial charge in [-0.1, -0.05) is 19.9 Å². The Morgan fingerprint density at radius 2 is 2.10 bits per heavy atom. The number of sulfonamides is 1. The third-order valence-corrected chi connectivity index (χ3v) is 4.89. The molecule has 110 valence electrons. The van der Waals surface area contributed by atoms with E-state index in [2.05, 4.69) is 10.0 Å². The van der Waals surface area contributed by atoms with Gasteiger partial charge in [0.2, 0.25) is 15.9 Å². The van der Waals surface area contributed by atoms with E-state index in [1.54, 1.807) is 12.1 Å². The van der Waals surface area contributed by atoms with Gasteiger partial charge in [0, 0.05) is 17.6 Å². The van der Waals surface area contributed by atoms with Crippen LogP contribution < -0.4 is 10.0 Å². The zero-order chi connectivity index (χ0) is 14.8. The second kappa shape index (κ2) is 5.93. The van der Waals surface area contributed by atoms with Gasteiger partial charge in [-0.25, -0.2) is 13.1 Å². The van der Waals surface area contributed by atoms with Crippen LogP contribution in [0.3, 0.4) is 0 Å². The summed E-state index contributed by atoms with van der Waals surface area (Å²) >= 11 is 0. The van der Waals surface area contributed by atoms with Gasteiger partial charge in [0.1, 0.15) is 0 Å². The van der Waals surface area contributed by atoms with Crippen LogP contribution in [0.15, 0.2) is 29.2 Å². The van der Waals surface area contributed by atoms with E-state index in [4.69, 9.17) is 0 Å². The maximum atomic E-state index is 12.1. The van der Waals surface area contributed by atoms with Crippen LogP contribution in [0.1, 0.15) is 33.1 Å². The summed E-state index contributed by atoms with van der Waals surface area (Å²) < 4.78 is 26.8. The molecular formula is C14H20N2O3S. The molecule has 2 rings (SSSR count). The molecule has 1 aromatic rings. The first kappa shape index (κ1) is 15.0. The Morgan fingerprint density at radius 1 is 1.40 bits per heavy atom. The van der Waals surface area contributed by atoms with E-state index in [1.807, 2.05) is 13.8 Å². The van der Waals surface area contributed by atoms with Crippen LogP contribution in [0.2, 0.25) is 0 Å². The number of carbonyl (C=O) groups excluding carboxylic acids is 1. The Balaban J connectivity index is 2.13. The Hall–Kier alpha value is -1.40. The van der Waals surface area contributed by atoms with Crippen molar-refractivity contribution in [2.24, 2.45) is 5.92 Å². The standard InChI is InChI=1S/C14H20N2O3S/c1-3-10(2)14(17)15-12-5-4-6-13(9-12)20(18,19)16-11-7-8-11/h4-6,9-11,16H,3,7-8H2,1-2H3,(H,15,17)/t10-/m0/s1. The van der Waals surface area contributed by atoms with E-state index in [0.29, 0.717) is 5.69 Å². The maximum absolute atomic E-state index is 12.1. The zero-order valence-corrected chi connectivity index (χ0v) is 12.5. The van der Waals surface area contributed by atoms with Gasteiger partial charge in [0.15, 0.2) is 0 Å². The molecule has 20 heavy (non-hydrogen) atoms. The fourth-order valence-corrected chi connectivity index (χ4v) is 3.03. The number of amides is 1. The number of hydrogen-bond acceptors (Lipinski definition) is 3. The van der Waals surface area contributed by atoms with Crippen LogP contribution in [0.4, 0.5) is 5.69 Å². The molecule has 1 atom stereocenters. The van der Waals surface area contributed by atoms with Crippen molar-refractivity contribution in [3.63, 3.8) is 0 Å². The fraction of sp³-hybridized carbons (Fsp3) is 0.500. The highest BCUT2D eigenvalue weighted by Crippen LogP contribution is 2.23. The summed E-state index contributed by atoms with van der Waals surface area (Å²) in [6.45, 7) is 3.77. The topological polar surface area (TPSA) is 75.3 Å². The van der Waals surface area contributed by atoms with Crippen molar-refractivity contribution in [3.8, 4) is 0 Å². The van der Waals surface area contributed by atoms with Crippen molar-refractivity contribution in [2.75, 3.05) is 5.32 Å². The van der Waals surface area contributed by atoms with Crippen molar-refractivity contribution in [1.29, 1.82) is 0 Å². The molecule has 1 aliphatic carbocycles. The second-order valence-electron chi connectivity index (χ2n) is 5.22. The van der Waals surface area contributed by atoms with Gasteiger partial charge in [0.25, 0.3) is 0 Å². The molecule has 0 bridgehead atoms. The van der Waals surface area contributed by atoms with Crippen LogP contribution in [0.5, 0.6) is 0 Å². The fourth-order valence-electron chi connectivity index (χ4n) is 1.68. The smallest absolute Gasteiger partial charge is 0.240 e. The minimum absolute atomic E-state index is 0.0679. The summed E-state index contributed by atoms with van der Waals surface area (Å²) in [6, 6.07) is 6.41. The van der Waals surface area contributed by atoms with Gasteiger partial charge in [-0.05, 0) is 37.5 Å². The minimum atomic E-state index is -3.48. The van der Waals surface area contributed by atoms with E-state index < -0.39 is 10.0 Å². The Kier molecular flexibility index (Phi) is 4.45. The van der Waals surface area contributed by atoms with Crippen LogP contribution in [-0.4, -0.2) is 20.4 Å². The van der Waals surface area contributed by atoms with Gasteiger partial charge in [-0.15, -0.1) is 0 Å². The highest BCUT2D eigenvalue weighted by atomic mass is 32.2. The highest BCUT2D eigenvalue weighted by molar-refractivity contribution is 7.89. The molecular weight excluding hydrogens is 276 g/mol. The molecule has 6 heteroatoms. The minimum Gasteiger partial charge on any atom is -0.326 e. The van der Waals surface area contributed by atoms with Crippen LogP contribution in [0.25, 0.3) is 0 Å². The van der Waals surface area contributed by atoms with Crippen LogP contribution >= 0.6 is 0 Å². The summed E-state index contributed by atoms with van der Waals surface area (Å²) in [7, 11) is -3.48. The van der Waals surface area contributed by atoms with E-state index in [-0.39, 0.29) is 22.8 Å². The number of benzene rings is 1. The third kappa shape index (κ3) is 3.80. The molecule has 0 radical (unpaired) electrons. The number of carbonyl (C=O) groups is 1. The molecule has 1 saturated carbocycles. The van der Waals surface area contributed by atoms with Gasteiger partial charge >= 0.3 is 0 Å². The SMILES string of the molecule is CC[C@H](C)C(=O)Nc1cccc(S(=O)(=O)NC2CC2)c1. The first-order chi connectivity index (χ1) is 9.42. The van der Waals surface area contributed by atoms with E-state index in [0.717, 1.165) is 19.3 Å². The van der Waals surface area contributed by atoms with Crippen molar-refractivity contribution in [2.45, 2.75) is 44.0 Å². The molecule has 0 spiro atoms. The lowest BCUT2D eigenvalue weighted by Crippen LogP contribution is -2.26. The van der Waals surface area contributed by atoms with Crippen molar-refractivity contribution >= 4 is 21.6 Å². The van der Waals surface area contributed by atoms with Crippen LogP contribution in [0, 0.1) is 5.92 Å². The summed E-state index contributed by atoms with van der Waals surface area (Å²) in [5.74, 6) is -0.197. The number of rotatable bonds is 6. The summed E-state index contributed by atoms with van der Waals surface area (Å²) in [4.78, 5) is 12.0. The monoisotopic (exact) mass is 296 g/mol. The average molecular weight is 296 g/mol. The lowest BCUT2D eigenvalue weighted by atomic mass is 10.1. The first-order valence-corrected chi connectivity index (χ1v) is 8.34. The highest BCUT2D eigenvalue weighted by Gasteiger charge is 2.28. The van der Waals surface area contributed by atoms with E-state index >= 15 is 0 Å². The second-order valence-corrected chi connectivity index (χ2v) is 6.94. The predicted molar refractivity (Wildman–Crippen MR) is 77.9 cm³/mol. The van der Waals surface area contributed by atoms with Crippen molar-refractivity contribution < 1.29 is 13.2 Å². The molecule has 0 unspecified atom stereocenters. The van der Waals surface area contributed by atoms with Crippen molar-refractivity contribution in [3.05, 3.63) is 24.3 Å². The normalized spacial score (nSPS) is 16.7. The molecule has 1 aliphatic rings. The van der Waals surface area contributed by atoms with E-state index in [9.17, 15) is 13.2 Å². The molecule has 0 aliphatic heterocycles. The van der Waals surface area contributed by atoms with E-state index in [1.165, 1.54) is 12.1 Å². The summed E-state index contributed by atoms with van der Waals surface area (Å²) in [5.41, 5.74) is 0.508. The van der Waals surface area contributed by atoms with Gasteiger partial charge in [-0.2, -0.15) is 0 Å². The number of anilines is 1. The molecule has 1 fully saturated rings. The summed E-state index contributed by atoms with van der Waals surface area (Å²) in [6.07, 6.45) is 2.53. The zero-order valence-electron chi connectivity index (χ0n) is 11.7. The third-order valence-electron chi connectivity index (χ3n) is 3.37. The lowest BCUT2D eigenvalue weighted by molar-refractivity contribution is -0.119. The molecule has 2 N–H and O–H groups in total. The Bertz CT molecular complexity index is 594. The summed E-state index contributed by atoms with van der Waals surface area (Å²) in [5, 5.41) is 2.74. The molecule has 5 nitrogen and oxygen atoms in total.